The molecular weight excluding hydrogens is 326 g/mol. The number of esters is 1. The summed E-state index contributed by atoms with van der Waals surface area (Å²) in [6.45, 7) is 2.07. The summed E-state index contributed by atoms with van der Waals surface area (Å²) in [5.74, 6) is 0.313. The first-order chi connectivity index (χ1) is 11.6. The van der Waals surface area contributed by atoms with Gasteiger partial charge in [-0.3, -0.25) is 4.79 Å². The summed E-state index contributed by atoms with van der Waals surface area (Å²) < 4.78 is 10.5. The molecular formula is C19H16ClNO3. The second kappa shape index (κ2) is 7.32. The van der Waals surface area contributed by atoms with Crippen molar-refractivity contribution in [3.8, 4) is 11.3 Å². The summed E-state index contributed by atoms with van der Waals surface area (Å²) in [6.07, 6.45) is 0.240. The lowest BCUT2D eigenvalue weighted by atomic mass is 10.1. The van der Waals surface area contributed by atoms with E-state index in [4.69, 9.17) is 20.9 Å². The van der Waals surface area contributed by atoms with Crippen LogP contribution in [-0.4, -0.2) is 11.1 Å². The van der Waals surface area contributed by atoms with E-state index in [-0.39, 0.29) is 19.0 Å². The summed E-state index contributed by atoms with van der Waals surface area (Å²) in [4.78, 5) is 11.9. The molecule has 0 aliphatic rings. The normalized spacial score (nSPS) is 10.6. The molecule has 0 radical (unpaired) electrons. The van der Waals surface area contributed by atoms with Crippen LogP contribution >= 0.6 is 11.6 Å². The fraction of sp³-hybridized carbons (Fsp3) is 0.158. The molecule has 0 unspecified atom stereocenters. The van der Waals surface area contributed by atoms with Gasteiger partial charge in [0, 0.05) is 16.7 Å². The van der Waals surface area contributed by atoms with E-state index in [2.05, 4.69) is 5.16 Å². The van der Waals surface area contributed by atoms with Crippen LogP contribution in [0.2, 0.25) is 5.02 Å². The van der Waals surface area contributed by atoms with Crippen LogP contribution in [0.15, 0.2) is 59.1 Å². The minimum atomic E-state index is -0.295. The number of nitrogens with zero attached hydrogens (tertiary/aromatic N) is 1. The van der Waals surface area contributed by atoms with Gasteiger partial charge in [-0.05, 0) is 36.8 Å². The van der Waals surface area contributed by atoms with Crippen molar-refractivity contribution in [1.82, 2.24) is 5.16 Å². The number of hydrogen-bond acceptors (Lipinski definition) is 4. The Labute approximate surface area is 145 Å². The minimum Gasteiger partial charge on any atom is -0.459 e. The van der Waals surface area contributed by atoms with Crippen molar-refractivity contribution in [1.29, 1.82) is 0 Å². The predicted octanol–water partition coefficient (Wildman–Crippen LogP) is 4.59. The van der Waals surface area contributed by atoms with Crippen LogP contribution in [0.4, 0.5) is 0 Å². The second-order valence-electron chi connectivity index (χ2n) is 5.52. The number of aryl methyl sites for hydroxylation is 1. The Bertz CT molecular complexity index is 840. The monoisotopic (exact) mass is 341 g/mol. The molecule has 0 saturated heterocycles. The van der Waals surface area contributed by atoms with Gasteiger partial charge in [0.05, 0.1) is 6.42 Å². The topological polar surface area (TPSA) is 52.3 Å². The first kappa shape index (κ1) is 16.3. The summed E-state index contributed by atoms with van der Waals surface area (Å²) in [7, 11) is 0. The molecule has 0 bridgehead atoms. The van der Waals surface area contributed by atoms with Gasteiger partial charge >= 0.3 is 5.97 Å². The van der Waals surface area contributed by atoms with E-state index in [0.29, 0.717) is 16.5 Å². The fourth-order valence-corrected chi connectivity index (χ4v) is 2.45. The highest BCUT2D eigenvalue weighted by Crippen LogP contribution is 2.22. The number of rotatable bonds is 5. The highest BCUT2D eigenvalue weighted by molar-refractivity contribution is 6.30. The Hall–Kier alpha value is -2.59. The van der Waals surface area contributed by atoms with Gasteiger partial charge in [0.2, 0.25) is 0 Å². The van der Waals surface area contributed by atoms with Gasteiger partial charge in [0.15, 0.2) is 5.76 Å². The van der Waals surface area contributed by atoms with Crippen LogP contribution in [0.1, 0.15) is 16.8 Å². The molecule has 2 aromatic carbocycles. The number of hydrogen-bond donors (Lipinski definition) is 0. The molecule has 0 aliphatic carbocycles. The van der Waals surface area contributed by atoms with E-state index in [9.17, 15) is 4.79 Å². The van der Waals surface area contributed by atoms with E-state index in [1.807, 2.05) is 43.3 Å². The zero-order chi connectivity index (χ0) is 16.9. The number of aromatic nitrogens is 1. The van der Waals surface area contributed by atoms with Crippen molar-refractivity contribution in [2.45, 2.75) is 20.0 Å². The standard InChI is InChI=1S/C19H16ClNO3/c1-13-3-2-4-14(9-13)10-19(22)23-12-17-11-18(24-21-17)15-5-7-16(20)8-6-15/h2-9,11H,10,12H2,1H3. The maximum absolute atomic E-state index is 11.9. The second-order valence-corrected chi connectivity index (χ2v) is 5.95. The van der Waals surface area contributed by atoms with E-state index in [0.717, 1.165) is 16.7 Å². The van der Waals surface area contributed by atoms with E-state index >= 15 is 0 Å². The quantitative estimate of drug-likeness (QED) is 0.637. The average Bonchev–Trinajstić information content (AvgIpc) is 3.03. The Morgan fingerprint density at radius 2 is 1.96 bits per heavy atom. The van der Waals surface area contributed by atoms with Gasteiger partial charge in [0.1, 0.15) is 12.3 Å². The molecule has 3 rings (SSSR count). The zero-order valence-electron chi connectivity index (χ0n) is 13.2. The molecule has 0 fully saturated rings. The van der Waals surface area contributed by atoms with Crippen LogP contribution in [0.3, 0.4) is 0 Å². The molecule has 0 aliphatic heterocycles. The molecule has 122 valence electrons. The van der Waals surface area contributed by atoms with Gasteiger partial charge in [-0.15, -0.1) is 0 Å². The van der Waals surface area contributed by atoms with Crippen LogP contribution < -0.4 is 0 Å². The SMILES string of the molecule is Cc1cccc(CC(=O)OCc2cc(-c3ccc(Cl)cc3)on2)c1. The lowest BCUT2D eigenvalue weighted by Gasteiger charge is -2.03. The van der Waals surface area contributed by atoms with Crippen molar-refractivity contribution in [3.05, 3.63) is 76.4 Å². The molecule has 1 heterocycles. The van der Waals surface area contributed by atoms with Crippen LogP contribution in [0.25, 0.3) is 11.3 Å². The third kappa shape index (κ3) is 4.24. The van der Waals surface area contributed by atoms with Gasteiger partial charge in [-0.2, -0.15) is 0 Å². The lowest BCUT2D eigenvalue weighted by Crippen LogP contribution is -2.08. The van der Waals surface area contributed by atoms with Crippen molar-refractivity contribution in [3.63, 3.8) is 0 Å². The van der Waals surface area contributed by atoms with Crippen molar-refractivity contribution >= 4 is 17.6 Å². The first-order valence-electron chi connectivity index (χ1n) is 7.53. The number of carbonyl (C=O) groups is 1. The van der Waals surface area contributed by atoms with Gasteiger partial charge in [-0.25, -0.2) is 0 Å². The predicted molar refractivity (Wildman–Crippen MR) is 91.6 cm³/mol. The molecule has 24 heavy (non-hydrogen) atoms. The fourth-order valence-electron chi connectivity index (χ4n) is 2.32. The van der Waals surface area contributed by atoms with E-state index in [1.165, 1.54) is 0 Å². The zero-order valence-corrected chi connectivity index (χ0v) is 13.9. The summed E-state index contributed by atoms with van der Waals surface area (Å²) in [5, 5.41) is 4.58. The van der Waals surface area contributed by atoms with Crippen molar-refractivity contribution in [2.24, 2.45) is 0 Å². The van der Waals surface area contributed by atoms with Crippen molar-refractivity contribution < 1.29 is 14.1 Å². The molecule has 0 N–H and O–H groups in total. The van der Waals surface area contributed by atoms with Crippen LogP contribution in [0.5, 0.6) is 0 Å². The Morgan fingerprint density at radius 1 is 1.17 bits per heavy atom. The smallest absolute Gasteiger partial charge is 0.310 e. The average molecular weight is 342 g/mol. The molecule has 0 atom stereocenters. The highest BCUT2D eigenvalue weighted by Gasteiger charge is 2.10. The molecule has 3 aromatic rings. The van der Waals surface area contributed by atoms with Gasteiger partial charge in [-0.1, -0.05) is 46.6 Å². The van der Waals surface area contributed by atoms with Crippen LogP contribution in [0, 0.1) is 6.92 Å². The summed E-state index contributed by atoms with van der Waals surface area (Å²) in [5.41, 5.74) is 3.48. The van der Waals surface area contributed by atoms with Crippen molar-refractivity contribution in [2.75, 3.05) is 0 Å². The third-order valence-corrected chi connectivity index (χ3v) is 3.75. The number of carbonyl (C=O) groups excluding carboxylic acids is 1. The molecule has 4 nitrogen and oxygen atoms in total. The molecule has 5 heteroatoms. The first-order valence-corrected chi connectivity index (χ1v) is 7.90. The number of ether oxygens (including phenoxy) is 1. The molecule has 1 aromatic heterocycles. The van der Waals surface area contributed by atoms with Gasteiger partial charge < -0.3 is 9.26 Å². The van der Waals surface area contributed by atoms with Gasteiger partial charge in [0.25, 0.3) is 0 Å². The minimum absolute atomic E-state index is 0.0851. The molecule has 0 amide bonds. The highest BCUT2D eigenvalue weighted by atomic mass is 35.5. The summed E-state index contributed by atoms with van der Waals surface area (Å²) in [6, 6.07) is 16.8. The van der Waals surface area contributed by atoms with E-state index in [1.54, 1.807) is 18.2 Å². The summed E-state index contributed by atoms with van der Waals surface area (Å²) >= 11 is 5.86. The lowest BCUT2D eigenvalue weighted by molar-refractivity contribution is -0.144. The Balaban J connectivity index is 1.57. The largest absolute Gasteiger partial charge is 0.459 e. The Morgan fingerprint density at radius 3 is 2.71 bits per heavy atom. The molecule has 0 saturated carbocycles. The maximum Gasteiger partial charge on any atom is 0.310 e. The number of halogens is 1. The number of benzene rings is 2. The molecule has 0 spiro atoms. The Kier molecular flexibility index (Phi) is 4.96. The third-order valence-electron chi connectivity index (χ3n) is 3.50. The van der Waals surface area contributed by atoms with E-state index < -0.39 is 0 Å². The maximum atomic E-state index is 11.9. The van der Waals surface area contributed by atoms with Crippen LogP contribution in [-0.2, 0) is 22.6 Å².